The summed E-state index contributed by atoms with van der Waals surface area (Å²) in [6.07, 6.45) is 0. The van der Waals surface area contributed by atoms with Crippen LogP contribution >= 0.6 is 11.3 Å². The summed E-state index contributed by atoms with van der Waals surface area (Å²) < 4.78 is 16.0. The summed E-state index contributed by atoms with van der Waals surface area (Å²) in [6.45, 7) is 2.87. The van der Waals surface area contributed by atoms with Gasteiger partial charge < -0.3 is 29.3 Å². The molecule has 1 fully saturated rings. The number of carbonyl (C=O) groups is 2. The molecule has 0 saturated carbocycles. The topological polar surface area (TPSA) is 80.3 Å². The minimum atomic E-state index is -0.285. The van der Waals surface area contributed by atoms with Crippen LogP contribution in [0.3, 0.4) is 0 Å². The smallest absolute Gasteiger partial charge is 0.264 e. The van der Waals surface area contributed by atoms with Crippen molar-refractivity contribution in [2.45, 2.75) is 0 Å². The lowest BCUT2D eigenvalue weighted by Crippen LogP contribution is -2.48. The Morgan fingerprint density at radius 3 is 2.06 bits per heavy atom. The van der Waals surface area contributed by atoms with E-state index in [0.717, 1.165) is 23.7 Å². The van der Waals surface area contributed by atoms with Gasteiger partial charge in [-0.15, -0.1) is 11.3 Å². The molecule has 0 aliphatic carbocycles. The monoisotopic (exact) mass is 481 g/mol. The average molecular weight is 482 g/mol. The van der Waals surface area contributed by atoms with Crippen molar-refractivity contribution in [3.8, 4) is 17.2 Å². The molecule has 8 nitrogen and oxygen atoms in total. The lowest BCUT2D eigenvalue weighted by atomic mass is 10.1. The molecule has 9 heteroatoms. The first-order valence-electron chi connectivity index (χ1n) is 10.8. The summed E-state index contributed by atoms with van der Waals surface area (Å²) in [6, 6.07) is 14.7. The van der Waals surface area contributed by atoms with Gasteiger partial charge in [-0.2, -0.15) is 0 Å². The lowest BCUT2D eigenvalue weighted by Gasteiger charge is -2.36. The molecular weight excluding hydrogens is 454 g/mol. The van der Waals surface area contributed by atoms with Gasteiger partial charge in [-0.1, -0.05) is 6.07 Å². The second-order valence-electron chi connectivity index (χ2n) is 7.67. The van der Waals surface area contributed by atoms with E-state index in [1.54, 1.807) is 12.1 Å². The Morgan fingerprint density at radius 1 is 0.882 bits per heavy atom. The third-order valence-corrected chi connectivity index (χ3v) is 6.57. The van der Waals surface area contributed by atoms with Crippen LogP contribution in [0.1, 0.15) is 20.0 Å². The lowest BCUT2D eigenvalue weighted by molar-refractivity contribution is 0.0751. The quantitative estimate of drug-likeness (QED) is 0.550. The molecule has 0 spiro atoms. The standard InChI is InChI=1S/C25H27N3O5S/c1-31-20-15-17(16-21(32-2)23(20)33-3)24(29)26-18-6-8-19(9-7-18)27-10-12-28(13-11-27)25(30)22-5-4-14-34-22/h4-9,14-16H,10-13H2,1-3H3,(H,26,29). The largest absolute Gasteiger partial charge is 0.493 e. The second kappa shape index (κ2) is 10.5. The van der Waals surface area contributed by atoms with Crippen LogP contribution in [0.2, 0.25) is 0 Å². The Hall–Kier alpha value is -3.72. The molecule has 1 aliphatic heterocycles. The maximum absolute atomic E-state index is 12.8. The van der Waals surface area contributed by atoms with E-state index in [-0.39, 0.29) is 11.8 Å². The maximum atomic E-state index is 12.8. The Morgan fingerprint density at radius 2 is 1.53 bits per heavy atom. The zero-order valence-electron chi connectivity index (χ0n) is 19.4. The Labute approximate surface area is 202 Å². The number of amides is 2. The minimum Gasteiger partial charge on any atom is -0.493 e. The van der Waals surface area contributed by atoms with Crippen LogP contribution in [-0.4, -0.2) is 64.2 Å². The van der Waals surface area contributed by atoms with E-state index in [1.807, 2.05) is 46.7 Å². The first-order chi connectivity index (χ1) is 16.5. The van der Waals surface area contributed by atoms with Gasteiger partial charge in [0.15, 0.2) is 11.5 Å². The number of benzene rings is 2. The molecule has 0 bridgehead atoms. The SMILES string of the molecule is COc1cc(C(=O)Nc2ccc(N3CCN(C(=O)c4cccs4)CC3)cc2)cc(OC)c1OC. The van der Waals surface area contributed by atoms with Crippen LogP contribution in [0.15, 0.2) is 53.9 Å². The number of nitrogens with zero attached hydrogens (tertiary/aromatic N) is 2. The van der Waals surface area contributed by atoms with Crippen molar-refractivity contribution < 1.29 is 23.8 Å². The van der Waals surface area contributed by atoms with Crippen molar-refractivity contribution in [3.05, 3.63) is 64.4 Å². The van der Waals surface area contributed by atoms with Gasteiger partial charge in [0, 0.05) is 43.1 Å². The van der Waals surface area contributed by atoms with Gasteiger partial charge in [-0.05, 0) is 47.8 Å². The number of methoxy groups -OCH3 is 3. The molecule has 2 amide bonds. The van der Waals surface area contributed by atoms with Gasteiger partial charge in [0.25, 0.3) is 11.8 Å². The summed E-state index contributed by atoms with van der Waals surface area (Å²) >= 11 is 1.47. The predicted molar refractivity (Wildman–Crippen MR) is 133 cm³/mol. The number of anilines is 2. The first kappa shape index (κ1) is 23.4. The van der Waals surface area contributed by atoms with Crippen LogP contribution in [0, 0.1) is 0 Å². The summed E-state index contributed by atoms with van der Waals surface area (Å²) in [5.74, 6) is 1.08. The molecule has 2 heterocycles. The van der Waals surface area contributed by atoms with Crippen molar-refractivity contribution in [3.63, 3.8) is 0 Å². The average Bonchev–Trinajstić information content (AvgIpc) is 3.43. The number of hydrogen-bond acceptors (Lipinski definition) is 7. The van der Waals surface area contributed by atoms with Gasteiger partial charge in [-0.25, -0.2) is 0 Å². The van der Waals surface area contributed by atoms with Crippen molar-refractivity contribution in [2.24, 2.45) is 0 Å². The van der Waals surface area contributed by atoms with Gasteiger partial charge in [-0.3, -0.25) is 9.59 Å². The third kappa shape index (κ3) is 4.94. The Bertz CT molecular complexity index is 1110. The van der Waals surface area contributed by atoms with Crippen molar-refractivity contribution in [1.29, 1.82) is 0 Å². The van der Waals surface area contributed by atoms with Gasteiger partial charge in [0.1, 0.15) is 0 Å². The number of thiophene rings is 1. The van der Waals surface area contributed by atoms with Gasteiger partial charge in [0.05, 0.1) is 26.2 Å². The minimum absolute atomic E-state index is 0.0968. The zero-order valence-corrected chi connectivity index (χ0v) is 20.2. The number of carbonyl (C=O) groups excluding carboxylic acids is 2. The molecule has 0 atom stereocenters. The van der Waals surface area contributed by atoms with Crippen LogP contribution in [0.25, 0.3) is 0 Å². The van der Waals surface area contributed by atoms with Crippen molar-refractivity contribution in [2.75, 3.05) is 57.7 Å². The fourth-order valence-electron chi connectivity index (χ4n) is 3.89. The molecule has 0 unspecified atom stereocenters. The predicted octanol–water partition coefficient (Wildman–Crippen LogP) is 3.99. The number of nitrogens with one attached hydrogen (secondary N) is 1. The summed E-state index contributed by atoms with van der Waals surface area (Å²) in [4.78, 5) is 30.3. The molecular formula is C25H27N3O5S. The number of rotatable bonds is 7. The summed E-state index contributed by atoms with van der Waals surface area (Å²) in [5.41, 5.74) is 2.12. The number of piperazine rings is 1. The molecule has 2 aromatic carbocycles. The van der Waals surface area contributed by atoms with E-state index < -0.39 is 0 Å². The Balaban J connectivity index is 1.38. The normalized spacial score (nSPS) is 13.4. The number of ether oxygens (including phenoxy) is 3. The second-order valence-corrected chi connectivity index (χ2v) is 8.62. The fraction of sp³-hybridized carbons (Fsp3) is 0.280. The van der Waals surface area contributed by atoms with Gasteiger partial charge >= 0.3 is 0 Å². The fourth-order valence-corrected chi connectivity index (χ4v) is 4.59. The molecule has 34 heavy (non-hydrogen) atoms. The van der Waals surface area contributed by atoms with Crippen LogP contribution < -0.4 is 24.4 Å². The van der Waals surface area contributed by atoms with Crippen molar-refractivity contribution >= 4 is 34.5 Å². The van der Waals surface area contributed by atoms with Crippen molar-refractivity contribution in [1.82, 2.24) is 4.90 Å². The summed E-state index contributed by atoms with van der Waals surface area (Å²) in [7, 11) is 4.54. The zero-order chi connectivity index (χ0) is 24.1. The molecule has 1 N–H and O–H groups in total. The third-order valence-electron chi connectivity index (χ3n) is 5.72. The molecule has 1 saturated heterocycles. The summed E-state index contributed by atoms with van der Waals surface area (Å²) in [5, 5.41) is 4.83. The first-order valence-corrected chi connectivity index (χ1v) is 11.7. The highest BCUT2D eigenvalue weighted by Gasteiger charge is 2.23. The number of hydrogen-bond donors (Lipinski definition) is 1. The Kier molecular flexibility index (Phi) is 7.22. The van der Waals surface area contributed by atoms with E-state index in [0.29, 0.717) is 41.6 Å². The highest BCUT2D eigenvalue weighted by Crippen LogP contribution is 2.38. The van der Waals surface area contributed by atoms with E-state index in [4.69, 9.17) is 14.2 Å². The highest BCUT2D eigenvalue weighted by molar-refractivity contribution is 7.12. The van der Waals surface area contributed by atoms with Crippen LogP contribution in [-0.2, 0) is 0 Å². The molecule has 178 valence electrons. The van der Waals surface area contributed by atoms with E-state index in [1.165, 1.54) is 32.7 Å². The van der Waals surface area contributed by atoms with E-state index in [9.17, 15) is 9.59 Å². The van der Waals surface area contributed by atoms with Crippen LogP contribution in [0.5, 0.6) is 17.2 Å². The maximum Gasteiger partial charge on any atom is 0.264 e. The molecule has 3 aromatic rings. The highest BCUT2D eigenvalue weighted by atomic mass is 32.1. The van der Waals surface area contributed by atoms with Gasteiger partial charge in [0.2, 0.25) is 5.75 Å². The molecule has 1 aliphatic rings. The van der Waals surface area contributed by atoms with Crippen LogP contribution in [0.4, 0.5) is 11.4 Å². The van der Waals surface area contributed by atoms with E-state index in [2.05, 4.69) is 10.2 Å². The molecule has 4 rings (SSSR count). The molecule has 1 aromatic heterocycles. The molecule has 0 radical (unpaired) electrons. The van der Waals surface area contributed by atoms with E-state index >= 15 is 0 Å².